The van der Waals surface area contributed by atoms with Crippen LogP contribution in [0.2, 0.25) is 0 Å². The van der Waals surface area contributed by atoms with Gasteiger partial charge in [0.1, 0.15) is 17.9 Å². The first kappa shape index (κ1) is 17.7. The van der Waals surface area contributed by atoms with E-state index in [2.05, 4.69) is 15.6 Å². The lowest BCUT2D eigenvalue weighted by Gasteiger charge is -2.05. The van der Waals surface area contributed by atoms with Gasteiger partial charge in [-0.1, -0.05) is 0 Å². The van der Waals surface area contributed by atoms with Gasteiger partial charge in [0.25, 0.3) is 18.8 Å². The molecular weight excluding hydrogens is 360 g/mol. The van der Waals surface area contributed by atoms with Gasteiger partial charge >= 0.3 is 0 Å². The zero-order valence-corrected chi connectivity index (χ0v) is 13.0. The topological polar surface area (TPSA) is 77.7 Å². The largest absolute Gasteiger partial charge is 0.454 e. The van der Waals surface area contributed by atoms with E-state index in [4.69, 9.17) is 9.47 Å². The number of hydrogen-bond donors (Lipinski definition) is 1. The highest BCUT2D eigenvalue weighted by Crippen LogP contribution is 2.32. The molecule has 11 heteroatoms. The van der Waals surface area contributed by atoms with Crippen molar-refractivity contribution in [1.29, 1.82) is 0 Å². The van der Waals surface area contributed by atoms with E-state index in [1.807, 2.05) is 0 Å². The molecule has 3 rings (SSSR count). The van der Waals surface area contributed by atoms with Gasteiger partial charge in [0, 0.05) is 0 Å². The van der Waals surface area contributed by atoms with Gasteiger partial charge in [0.05, 0.1) is 6.21 Å². The third-order valence-corrected chi connectivity index (χ3v) is 3.37. The number of ether oxygens (including phenoxy) is 2. The quantitative estimate of drug-likeness (QED) is 0.480. The average Bonchev–Trinajstić information content (AvgIpc) is 3.21. The number of fused-ring (bicyclic) bond motifs is 1. The number of hydrogen-bond acceptors (Lipinski definition) is 5. The van der Waals surface area contributed by atoms with Crippen LogP contribution in [-0.4, -0.2) is 28.7 Å². The highest BCUT2D eigenvalue weighted by Gasteiger charge is 2.22. The maximum Gasteiger partial charge on any atom is 0.282 e. The maximum atomic E-state index is 12.8. The first-order valence-electron chi connectivity index (χ1n) is 7.29. The second kappa shape index (κ2) is 7.42. The standard InChI is InChI=1S/C15H12F4N4O3/c16-14(17)9-4-10(15(18)19)23(22-9)6-13(24)21-20-5-8-1-2-11-12(3-8)26-7-25-11/h1-5,14-15H,6-7H2,(H,21,24)/b20-5-. The predicted octanol–water partition coefficient (Wildman–Crippen LogP) is 2.64. The lowest BCUT2D eigenvalue weighted by Crippen LogP contribution is -2.25. The van der Waals surface area contributed by atoms with Crippen LogP contribution in [0.25, 0.3) is 0 Å². The van der Waals surface area contributed by atoms with Crippen LogP contribution in [0.3, 0.4) is 0 Å². The molecule has 0 bridgehead atoms. The highest BCUT2D eigenvalue weighted by molar-refractivity contribution is 5.83. The Hall–Kier alpha value is -3.11. The van der Waals surface area contributed by atoms with Crippen molar-refractivity contribution in [3.05, 3.63) is 41.2 Å². The summed E-state index contributed by atoms with van der Waals surface area (Å²) in [6.07, 6.45) is -4.75. The van der Waals surface area contributed by atoms with Crippen LogP contribution in [0.15, 0.2) is 29.4 Å². The van der Waals surface area contributed by atoms with Gasteiger partial charge in [0.15, 0.2) is 11.5 Å². The monoisotopic (exact) mass is 372 g/mol. The molecule has 1 aliphatic rings. The van der Waals surface area contributed by atoms with E-state index in [0.717, 1.165) is 0 Å². The molecule has 0 unspecified atom stereocenters. The van der Waals surface area contributed by atoms with E-state index in [1.165, 1.54) is 6.21 Å². The Balaban J connectivity index is 1.62. The number of alkyl halides is 4. The second-order valence-corrected chi connectivity index (χ2v) is 5.16. The molecule has 2 heterocycles. The number of hydrazone groups is 1. The molecule has 7 nitrogen and oxygen atoms in total. The lowest BCUT2D eigenvalue weighted by molar-refractivity contribution is -0.121. The van der Waals surface area contributed by atoms with Gasteiger partial charge in [-0.3, -0.25) is 9.48 Å². The summed E-state index contributed by atoms with van der Waals surface area (Å²) >= 11 is 0. The number of halogens is 4. The van der Waals surface area contributed by atoms with Crippen LogP contribution >= 0.6 is 0 Å². The van der Waals surface area contributed by atoms with Crippen molar-refractivity contribution >= 4 is 12.1 Å². The normalized spacial score (nSPS) is 13.2. The summed E-state index contributed by atoms with van der Waals surface area (Å²) in [5.41, 5.74) is 1.13. The summed E-state index contributed by atoms with van der Waals surface area (Å²) in [4.78, 5) is 11.8. The van der Waals surface area contributed by atoms with E-state index in [1.54, 1.807) is 18.2 Å². The summed E-state index contributed by atoms with van der Waals surface area (Å²) in [5.74, 6) is 0.310. The van der Waals surface area contributed by atoms with Gasteiger partial charge in [-0.05, 0) is 29.8 Å². The van der Waals surface area contributed by atoms with Gasteiger partial charge in [-0.15, -0.1) is 0 Å². The van der Waals surface area contributed by atoms with E-state index < -0.39 is 36.7 Å². The van der Waals surface area contributed by atoms with E-state index in [-0.39, 0.29) is 6.79 Å². The number of rotatable bonds is 6. The zero-order valence-electron chi connectivity index (χ0n) is 13.0. The van der Waals surface area contributed by atoms with Crippen molar-refractivity contribution in [2.24, 2.45) is 5.10 Å². The summed E-state index contributed by atoms with van der Waals surface area (Å²) in [5, 5.41) is 7.00. The van der Waals surface area contributed by atoms with Gasteiger partial charge in [-0.25, -0.2) is 23.0 Å². The van der Waals surface area contributed by atoms with Crippen molar-refractivity contribution < 1.29 is 31.8 Å². The molecule has 0 saturated carbocycles. The van der Waals surface area contributed by atoms with Crippen LogP contribution in [-0.2, 0) is 11.3 Å². The third kappa shape index (κ3) is 3.92. The number of carbonyl (C=O) groups is 1. The molecule has 138 valence electrons. The van der Waals surface area contributed by atoms with E-state index >= 15 is 0 Å². The molecule has 0 aliphatic carbocycles. The van der Waals surface area contributed by atoms with Crippen molar-refractivity contribution in [2.75, 3.05) is 6.79 Å². The van der Waals surface area contributed by atoms with Crippen LogP contribution in [0.4, 0.5) is 17.6 Å². The third-order valence-electron chi connectivity index (χ3n) is 3.37. The molecule has 0 saturated heterocycles. The van der Waals surface area contributed by atoms with Gasteiger partial charge < -0.3 is 9.47 Å². The highest BCUT2D eigenvalue weighted by atomic mass is 19.3. The van der Waals surface area contributed by atoms with Crippen molar-refractivity contribution in [2.45, 2.75) is 19.4 Å². The van der Waals surface area contributed by atoms with E-state index in [0.29, 0.717) is 27.8 Å². The Kier molecular flexibility index (Phi) is 5.05. The molecule has 1 aliphatic heterocycles. The Labute approximate surface area is 144 Å². The maximum absolute atomic E-state index is 12.8. The van der Waals surface area contributed by atoms with Crippen molar-refractivity contribution in [3.63, 3.8) is 0 Å². The molecule has 1 aromatic carbocycles. The molecular formula is C15H12F4N4O3. The predicted molar refractivity (Wildman–Crippen MR) is 80.4 cm³/mol. The molecule has 1 amide bonds. The Morgan fingerprint density at radius 3 is 2.73 bits per heavy atom. The second-order valence-electron chi connectivity index (χ2n) is 5.16. The molecule has 2 aromatic rings. The Bertz CT molecular complexity index is 838. The first-order valence-corrected chi connectivity index (χ1v) is 7.29. The fourth-order valence-electron chi connectivity index (χ4n) is 2.20. The minimum Gasteiger partial charge on any atom is -0.454 e. The van der Waals surface area contributed by atoms with E-state index in [9.17, 15) is 22.4 Å². The van der Waals surface area contributed by atoms with Crippen LogP contribution in [0.1, 0.15) is 29.8 Å². The minimum absolute atomic E-state index is 0.115. The lowest BCUT2D eigenvalue weighted by atomic mass is 10.2. The fraction of sp³-hybridized carbons (Fsp3) is 0.267. The molecule has 26 heavy (non-hydrogen) atoms. The number of nitrogens with one attached hydrogen (secondary N) is 1. The Morgan fingerprint density at radius 1 is 1.23 bits per heavy atom. The summed E-state index contributed by atoms with van der Waals surface area (Å²) in [6.45, 7) is -0.561. The number of benzene rings is 1. The van der Waals surface area contributed by atoms with Crippen LogP contribution in [0.5, 0.6) is 11.5 Å². The summed E-state index contributed by atoms with van der Waals surface area (Å²) in [6, 6.07) is 5.53. The van der Waals surface area contributed by atoms with Crippen molar-refractivity contribution in [1.82, 2.24) is 15.2 Å². The Morgan fingerprint density at radius 2 is 2.00 bits per heavy atom. The molecule has 1 N–H and O–H groups in total. The van der Waals surface area contributed by atoms with Gasteiger partial charge in [-0.2, -0.15) is 10.2 Å². The smallest absolute Gasteiger partial charge is 0.282 e. The summed E-state index contributed by atoms with van der Waals surface area (Å²) < 4.78 is 61.7. The molecule has 1 aromatic heterocycles. The zero-order chi connectivity index (χ0) is 18.7. The molecule has 0 spiro atoms. The minimum atomic E-state index is -3.04. The number of aromatic nitrogens is 2. The number of nitrogens with zero attached hydrogens (tertiary/aromatic N) is 3. The van der Waals surface area contributed by atoms with Crippen LogP contribution < -0.4 is 14.9 Å². The summed E-state index contributed by atoms with van der Waals surface area (Å²) in [7, 11) is 0. The molecule has 0 fully saturated rings. The number of carbonyl (C=O) groups excluding carboxylic acids is 1. The SMILES string of the molecule is O=C(Cn1nc(C(F)F)cc1C(F)F)N/N=C\c1ccc2c(c1)OCO2. The fourth-order valence-corrected chi connectivity index (χ4v) is 2.20. The van der Waals surface area contributed by atoms with Crippen molar-refractivity contribution in [3.8, 4) is 11.5 Å². The van der Waals surface area contributed by atoms with Gasteiger partial charge in [0.2, 0.25) is 6.79 Å². The van der Waals surface area contributed by atoms with Crippen LogP contribution in [0, 0.1) is 0 Å². The molecule has 0 radical (unpaired) electrons. The average molecular weight is 372 g/mol. The number of amides is 1. The molecule has 0 atom stereocenters. The first-order chi connectivity index (χ1) is 12.4.